The summed E-state index contributed by atoms with van der Waals surface area (Å²) in [5.41, 5.74) is 2.62. The highest BCUT2D eigenvalue weighted by Gasteiger charge is 2.29. The third kappa shape index (κ3) is 3.86. The Hall–Kier alpha value is -2.88. The molecule has 0 radical (unpaired) electrons. The van der Waals surface area contributed by atoms with Crippen LogP contribution in [0.3, 0.4) is 0 Å². The zero-order valence-electron chi connectivity index (χ0n) is 12.9. The van der Waals surface area contributed by atoms with Gasteiger partial charge >= 0.3 is 0 Å². The van der Waals surface area contributed by atoms with Gasteiger partial charge in [-0.1, -0.05) is 36.4 Å². The SMILES string of the molecule is C=CCC1C=CC2=C(C1=O)c1ccccc1C=CO2.CC(=O)O. The van der Waals surface area contributed by atoms with E-state index in [-0.39, 0.29) is 11.7 Å². The number of aliphatic carboxylic acids is 1. The van der Waals surface area contributed by atoms with Gasteiger partial charge in [0.15, 0.2) is 5.78 Å². The Kier molecular flexibility index (Phi) is 5.31. The van der Waals surface area contributed by atoms with Crippen molar-refractivity contribution in [2.45, 2.75) is 13.3 Å². The Morgan fingerprint density at radius 1 is 1.35 bits per heavy atom. The second-order valence-electron chi connectivity index (χ2n) is 5.12. The number of carbonyl (C=O) groups is 2. The molecule has 0 saturated heterocycles. The van der Waals surface area contributed by atoms with Gasteiger partial charge in [-0.25, -0.2) is 0 Å². The molecular weight excluding hydrogens is 292 g/mol. The molecule has 4 nitrogen and oxygen atoms in total. The number of ether oxygens (including phenoxy) is 1. The van der Waals surface area contributed by atoms with Gasteiger partial charge < -0.3 is 9.84 Å². The van der Waals surface area contributed by atoms with Crippen LogP contribution in [-0.4, -0.2) is 16.9 Å². The summed E-state index contributed by atoms with van der Waals surface area (Å²) in [5.74, 6) is -0.230. The lowest BCUT2D eigenvalue weighted by atomic mass is 9.84. The molecule has 1 aromatic carbocycles. The van der Waals surface area contributed by atoms with Crippen LogP contribution in [0.4, 0.5) is 0 Å². The second kappa shape index (κ2) is 7.40. The van der Waals surface area contributed by atoms with Crippen molar-refractivity contribution in [3.8, 4) is 0 Å². The van der Waals surface area contributed by atoms with Crippen molar-refractivity contribution >= 4 is 23.4 Å². The van der Waals surface area contributed by atoms with Crippen molar-refractivity contribution in [1.29, 1.82) is 0 Å². The number of benzene rings is 1. The molecule has 0 aromatic heterocycles. The average molecular weight is 310 g/mol. The van der Waals surface area contributed by atoms with Crippen molar-refractivity contribution in [2.24, 2.45) is 5.92 Å². The van der Waals surface area contributed by atoms with Crippen molar-refractivity contribution in [3.63, 3.8) is 0 Å². The first-order valence-corrected chi connectivity index (χ1v) is 7.24. The predicted octanol–water partition coefficient (Wildman–Crippen LogP) is 3.82. The minimum atomic E-state index is -0.833. The molecule has 0 amide bonds. The number of carboxylic acid groups (broad SMARTS) is 1. The van der Waals surface area contributed by atoms with Gasteiger partial charge in [0.05, 0.1) is 11.8 Å². The highest BCUT2D eigenvalue weighted by molar-refractivity contribution is 6.25. The monoisotopic (exact) mass is 310 g/mol. The van der Waals surface area contributed by atoms with Gasteiger partial charge in [-0.3, -0.25) is 9.59 Å². The number of rotatable bonds is 2. The number of hydrogen-bond acceptors (Lipinski definition) is 3. The zero-order valence-corrected chi connectivity index (χ0v) is 12.9. The van der Waals surface area contributed by atoms with E-state index in [1.54, 1.807) is 12.3 Å². The Bertz CT molecular complexity index is 719. The van der Waals surface area contributed by atoms with Crippen LogP contribution in [0.25, 0.3) is 11.6 Å². The molecule has 1 aromatic rings. The number of fused-ring (bicyclic) bond motifs is 2. The van der Waals surface area contributed by atoms with E-state index in [0.717, 1.165) is 18.1 Å². The van der Waals surface area contributed by atoms with E-state index in [1.807, 2.05) is 42.5 Å². The van der Waals surface area contributed by atoms with Crippen molar-refractivity contribution in [1.82, 2.24) is 0 Å². The third-order valence-corrected chi connectivity index (χ3v) is 3.40. The molecule has 1 aliphatic carbocycles. The first kappa shape index (κ1) is 16.5. The molecule has 4 heteroatoms. The smallest absolute Gasteiger partial charge is 0.300 e. The quantitative estimate of drug-likeness (QED) is 0.843. The minimum Gasteiger partial charge on any atom is -0.481 e. The summed E-state index contributed by atoms with van der Waals surface area (Å²) < 4.78 is 5.55. The summed E-state index contributed by atoms with van der Waals surface area (Å²) in [7, 11) is 0. The van der Waals surface area contributed by atoms with Crippen LogP contribution in [0.5, 0.6) is 0 Å². The Balaban J connectivity index is 0.000000433. The summed E-state index contributed by atoms with van der Waals surface area (Å²) in [6.45, 7) is 4.79. The molecule has 1 atom stereocenters. The highest BCUT2D eigenvalue weighted by Crippen LogP contribution is 2.34. The van der Waals surface area contributed by atoms with Gasteiger partial charge in [0.2, 0.25) is 0 Å². The van der Waals surface area contributed by atoms with Gasteiger partial charge in [-0.05, 0) is 29.7 Å². The van der Waals surface area contributed by atoms with Crippen LogP contribution in [-0.2, 0) is 14.3 Å². The fraction of sp³-hybridized carbons (Fsp3) is 0.158. The minimum absolute atomic E-state index is 0.105. The van der Waals surface area contributed by atoms with Crippen molar-refractivity contribution in [3.05, 3.63) is 72.2 Å². The molecule has 118 valence electrons. The van der Waals surface area contributed by atoms with E-state index in [9.17, 15) is 4.79 Å². The van der Waals surface area contributed by atoms with Crippen molar-refractivity contribution in [2.75, 3.05) is 0 Å². The molecule has 3 rings (SSSR count). The molecule has 1 N–H and O–H groups in total. The first-order valence-electron chi connectivity index (χ1n) is 7.24. The molecule has 1 unspecified atom stereocenters. The van der Waals surface area contributed by atoms with Crippen LogP contribution < -0.4 is 0 Å². The fourth-order valence-electron chi connectivity index (χ4n) is 2.46. The van der Waals surface area contributed by atoms with E-state index < -0.39 is 5.97 Å². The normalized spacial score (nSPS) is 18.0. The highest BCUT2D eigenvalue weighted by atomic mass is 16.5. The van der Waals surface area contributed by atoms with Crippen molar-refractivity contribution < 1.29 is 19.4 Å². The summed E-state index contributed by atoms with van der Waals surface area (Å²) in [4.78, 5) is 21.6. The van der Waals surface area contributed by atoms with E-state index in [4.69, 9.17) is 14.6 Å². The van der Waals surface area contributed by atoms with E-state index >= 15 is 0 Å². The molecular formula is C19H18O4. The van der Waals surface area contributed by atoms with Crippen LogP contribution >= 0.6 is 0 Å². The lowest BCUT2D eigenvalue weighted by Crippen LogP contribution is -2.18. The van der Waals surface area contributed by atoms with Crippen LogP contribution in [0.1, 0.15) is 24.5 Å². The number of hydrogen-bond donors (Lipinski definition) is 1. The summed E-state index contributed by atoms with van der Waals surface area (Å²) in [6, 6.07) is 7.85. The van der Waals surface area contributed by atoms with Gasteiger partial charge in [0.1, 0.15) is 5.76 Å². The first-order chi connectivity index (χ1) is 11.0. The van der Waals surface area contributed by atoms with Gasteiger partial charge in [0, 0.05) is 12.8 Å². The average Bonchev–Trinajstić information content (AvgIpc) is 2.69. The summed E-state index contributed by atoms with van der Waals surface area (Å²) in [5, 5.41) is 7.42. The predicted molar refractivity (Wildman–Crippen MR) is 89.2 cm³/mol. The fourth-order valence-corrected chi connectivity index (χ4v) is 2.46. The van der Waals surface area contributed by atoms with Gasteiger partial charge in [0.25, 0.3) is 5.97 Å². The molecule has 1 aliphatic heterocycles. The maximum absolute atomic E-state index is 12.6. The topological polar surface area (TPSA) is 63.6 Å². The number of Topliss-reactive ketones (excluding diaryl/α,β-unsaturated/α-hetero) is 1. The maximum atomic E-state index is 12.6. The summed E-state index contributed by atoms with van der Waals surface area (Å²) in [6.07, 6.45) is 9.73. The van der Waals surface area contributed by atoms with Crippen LogP contribution in [0, 0.1) is 5.92 Å². The van der Waals surface area contributed by atoms with Crippen LogP contribution in [0.15, 0.2) is 61.1 Å². The number of allylic oxidation sites excluding steroid dienone is 4. The van der Waals surface area contributed by atoms with Gasteiger partial charge in [-0.15, -0.1) is 6.58 Å². The number of carbonyl (C=O) groups excluding carboxylic acids is 1. The lowest BCUT2D eigenvalue weighted by Gasteiger charge is -2.19. The standard InChI is InChI=1S/C17H14O2.C2H4O2/c1-2-5-13-8-9-15-16(17(13)18)14-7-4-3-6-12(14)10-11-19-15;1-2(3)4/h2-4,6-11,13H,1,5H2;1H3,(H,3,4). The lowest BCUT2D eigenvalue weighted by molar-refractivity contribution is -0.134. The largest absolute Gasteiger partial charge is 0.481 e. The molecule has 0 fully saturated rings. The molecule has 0 saturated carbocycles. The number of carboxylic acids is 1. The molecule has 0 spiro atoms. The number of ketones is 1. The van der Waals surface area contributed by atoms with Crippen LogP contribution in [0.2, 0.25) is 0 Å². The third-order valence-electron chi connectivity index (χ3n) is 3.40. The Morgan fingerprint density at radius 2 is 2.04 bits per heavy atom. The van der Waals surface area contributed by atoms with E-state index in [0.29, 0.717) is 17.8 Å². The zero-order chi connectivity index (χ0) is 16.8. The van der Waals surface area contributed by atoms with E-state index in [1.165, 1.54) is 0 Å². The maximum Gasteiger partial charge on any atom is 0.300 e. The molecule has 2 aliphatic rings. The molecule has 1 heterocycles. The van der Waals surface area contributed by atoms with Gasteiger partial charge in [-0.2, -0.15) is 0 Å². The Labute approximate surface area is 135 Å². The Morgan fingerprint density at radius 3 is 2.74 bits per heavy atom. The summed E-state index contributed by atoms with van der Waals surface area (Å²) >= 11 is 0. The van der Waals surface area contributed by atoms with E-state index in [2.05, 4.69) is 6.58 Å². The molecule has 23 heavy (non-hydrogen) atoms. The molecule has 0 bridgehead atoms. The second-order valence-corrected chi connectivity index (χ2v) is 5.12.